The molecular formula is C14H26N2O. The quantitative estimate of drug-likeness (QED) is 0.797. The van der Waals surface area contributed by atoms with Crippen molar-refractivity contribution in [1.29, 1.82) is 0 Å². The molecule has 0 bridgehead atoms. The number of nitrogens with zero attached hydrogens (tertiary/aromatic N) is 1. The van der Waals surface area contributed by atoms with Crippen molar-refractivity contribution in [2.45, 2.75) is 65.1 Å². The Balaban J connectivity index is 1.90. The van der Waals surface area contributed by atoms with Crippen molar-refractivity contribution in [1.82, 2.24) is 10.2 Å². The minimum absolute atomic E-state index is 0.0429. The SMILES string of the molecule is CCC1NC(C(C)C)C(=O)N1CCC1CCC1. The predicted octanol–water partition coefficient (Wildman–Crippen LogP) is 2.37. The molecule has 1 saturated heterocycles. The van der Waals surface area contributed by atoms with Crippen LogP contribution in [0.5, 0.6) is 0 Å². The Labute approximate surface area is 105 Å². The number of amides is 1. The summed E-state index contributed by atoms with van der Waals surface area (Å²) in [4.78, 5) is 14.4. The highest BCUT2D eigenvalue weighted by molar-refractivity contribution is 5.84. The second kappa shape index (κ2) is 5.38. The fraction of sp³-hybridized carbons (Fsp3) is 0.929. The van der Waals surface area contributed by atoms with E-state index in [1.165, 1.54) is 25.7 Å². The van der Waals surface area contributed by atoms with Crippen molar-refractivity contribution >= 4 is 5.91 Å². The van der Waals surface area contributed by atoms with Gasteiger partial charge in [-0.2, -0.15) is 0 Å². The van der Waals surface area contributed by atoms with Gasteiger partial charge in [0.1, 0.15) is 0 Å². The van der Waals surface area contributed by atoms with E-state index in [4.69, 9.17) is 0 Å². The Morgan fingerprint density at radius 1 is 1.41 bits per heavy atom. The van der Waals surface area contributed by atoms with Gasteiger partial charge in [-0.15, -0.1) is 0 Å². The van der Waals surface area contributed by atoms with E-state index in [2.05, 4.69) is 31.0 Å². The monoisotopic (exact) mass is 238 g/mol. The van der Waals surface area contributed by atoms with Crippen molar-refractivity contribution in [2.75, 3.05) is 6.54 Å². The van der Waals surface area contributed by atoms with Gasteiger partial charge in [0, 0.05) is 6.54 Å². The van der Waals surface area contributed by atoms with Gasteiger partial charge in [-0.25, -0.2) is 0 Å². The normalized spacial score (nSPS) is 30.1. The maximum atomic E-state index is 12.3. The second-order valence-corrected chi connectivity index (χ2v) is 5.93. The van der Waals surface area contributed by atoms with Crippen LogP contribution in [0.4, 0.5) is 0 Å². The Kier molecular flexibility index (Phi) is 4.08. The average molecular weight is 238 g/mol. The first-order valence-corrected chi connectivity index (χ1v) is 7.20. The minimum atomic E-state index is 0.0429. The molecule has 1 saturated carbocycles. The van der Waals surface area contributed by atoms with Gasteiger partial charge in [0.05, 0.1) is 12.2 Å². The van der Waals surface area contributed by atoms with Crippen molar-refractivity contribution in [2.24, 2.45) is 11.8 Å². The molecule has 1 N–H and O–H groups in total. The number of carbonyl (C=O) groups excluding carboxylic acids is 1. The van der Waals surface area contributed by atoms with Crippen molar-refractivity contribution in [3.63, 3.8) is 0 Å². The lowest BCUT2D eigenvalue weighted by molar-refractivity contribution is -0.131. The summed E-state index contributed by atoms with van der Waals surface area (Å²) in [6.45, 7) is 7.36. The molecule has 2 rings (SSSR count). The lowest BCUT2D eigenvalue weighted by Crippen LogP contribution is -2.38. The maximum Gasteiger partial charge on any atom is 0.241 e. The summed E-state index contributed by atoms with van der Waals surface area (Å²) in [7, 11) is 0. The molecule has 0 aromatic rings. The van der Waals surface area contributed by atoms with Gasteiger partial charge >= 0.3 is 0 Å². The fourth-order valence-electron chi connectivity index (χ4n) is 2.89. The third kappa shape index (κ3) is 2.65. The first-order valence-electron chi connectivity index (χ1n) is 7.20. The summed E-state index contributed by atoms with van der Waals surface area (Å²) in [6.07, 6.45) is 6.63. The fourth-order valence-corrected chi connectivity index (χ4v) is 2.89. The number of carbonyl (C=O) groups is 1. The highest BCUT2D eigenvalue weighted by Crippen LogP contribution is 2.30. The summed E-state index contributed by atoms with van der Waals surface area (Å²) in [5.41, 5.74) is 0. The Bertz CT molecular complexity index is 273. The van der Waals surface area contributed by atoms with E-state index in [0.29, 0.717) is 11.8 Å². The van der Waals surface area contributed by atoms with Crippen LogP contribution in [-0.4, -0.2) is 29.6 Å². The first kappa shape index (κ1) is 12.9. The van der Waals surface area contributed by atoms with Crippen LogP contribution in [-0.2, 0) is 4.79 Å². The molecule has 2 aliphatic rings. The summed E-state index contributed by atoms with van der Waals surface area (Å²) in [6, 6.07) is 0.0429. The molecule has 1 aliphatic carbocycles. The van der Waals surface area contributed by atoms with Gasteiger partial charge in [0.25, 0.3) is 0 Å². The summed E-state index contributed by atoms with van der Waals surface area (Å²) in [5.74, 6) is 1.61. The van der Waals surface area contributed by atoms with Crippen LogP contribution in [0.1, 0.15) is 52.9 Å². The Morgan fingerprint density at radius 3 is 2.59 bits per heavy atom. The largest absolute Gasteiger partial charge is 0.326 e. The summed E-state index contributed by atoms with van der Waals surface area (Å²) < 4.78 is 0. The van der Waals surface area contributed by atoms with Crippen molar-refractivity contribution in [3.05, 3.63) is 0 Å². The van der Waals surface area contributed by atoms with E-state index in [1.54, 1.807) is 0 Å². The molecule has 2 fully saturated rings. The molecule has 1 heterocycles. The molecule has 2 atom stereocenters. The molecule has 2 unspecified atom stereocenters. The van der Waals surface area contributed by atoms with Gasteiger partial charge in [0.2, 0.25) is 5.91 Å². The Hall–Kier alpha value is -0.570. The van der Waals surface area contributed by atoms with E-state index in [1.807, 2.05) is 0 Å². The second-order valence-electron chi connectivity index (χ2n) is 5.93. The Morgan fingerprint density at radius 2 is 2.12 bits per heavy atom. The molecule has 0 aromatic heterocycles. The average Bonchev–Trinajstić information content (AvgIpc) is 2.54. The number of nitrogens with one attached hydrogen (secondary N) is 1. The number of hydrogen-bond donors (Lipinski definition) is 1. The van der Waals surface area contributed by atoms with E-state index in [9.17, 15) is 4.79 Å². The molecule has 0 radical (unpaired) electrons. The van der Waals surface area contributed by atoms with Gasteiger partial charge < -0.3 is 4.90 Å². The molecule has 1 aliphatic heterocycles. The van der Waals surface area contributed by atoms with E-state index in [0.717, 1.165) is 18.9 Å². The predicted molar refractivity (Wildman–Crippen MR) is 69.5 cm³/mol. The third-order valence-electron chi connectivity index (χ3n) is 4.35. The zero-order valence-corrected chi connectivity index (χ0v) is 11.4. The molecule has 98 valence electrons. The molecule has 0 aromatic carbocycles. The van der Waals surface area contributed by atoms with Gasteiger partial charge in [0.15, 0.2) is 0 Å². The number of rotatable bonds is 5. The van der Waals surface area contributed by atoms with Crippen LogP contribution in [0, 0.1) is 11.8 Å². The van der Waals surface area contributed by atoms with Crippen molar-refractivity contribution < 1.29 is 4.79 Å². The smallest absolute Gasteiger partial charge is 0.241 e. The van der Waals surface area contributed by atoms with Crippen molar-refractivity contribution in [3.8, 4) is 0 Å². The van der Waals surface area contributed by atoms with Crippen LogP contribution < -0.4 is 5.32 Å². The lowest BCUT2D eigenvalue weighted by atomic mass is 9.83. The van der Waals surface area contributed by atoms with Crippen LogP contribution in [0.25, 0.3) is 0 Å². The highest BCUT2D eigenvalue weighted by atomic mass is 16.2. The highest BCUT2D eigenvalue weighted by Gasteiger charge is 2.39. The van der Waals surface area contributed by atoms with E-state index >= 15 is 0 Å². The molecule has 17 heavy (non-hydrogen) atoms. The molecule has 3 nitrogen and oxygen atoms in total. The van der Waals surface area contributed by atoms with Gasteiger partial charge in [-0.3, -0.25) is 10.1 Å². The summed E-state index contributed by atoms with van der Waals surface area (Å²) >= 11 is 0. The topological polar surface area (TPSA) is 32.3 Å². The summed E-state index contributed by atoms with van der Waals surface area (Å²) in [5, 5.41) is 3.48. The molecule has 0 spiro atoms. The van der Waals surface area contributed by atoms with Gasteiger partial charge in [-0.1, -0.05) is 40.0 Å². The molecular weight excluding hydrogens is 212 g/mol. The van der Waals surface area contributed by atoms with Crippen LogP contribution in [0.3, 0.4) is 0 Å². The lowest BCUT2D eigenvalue weighted by Gasteiger charge is -2.29. The van der Waals surface area contributed by atoms with E-state index in [-0.39, 0.29) is 12.2 Å². The maximum absolute atomic E-state index is 12.3. The standard InChI is InChI=1S/C14H26N2O/c1-4-12-15-13(10(2)3)14(17)16(12)9-8-11-6-5-7-11/h10-13,15H,4-9H2,1-3H3. The minimum Gasteiger partial charge on any atom is -0.326 e. The van der Waals surface area contributed by atoms with E-state index < -0.39 is 0 Å². The molecule has 1 amide bonds. The van der Waals surface area contributed by atoms with Gasteiger partial charge in [-0.05, 0) is 24.7 Å². The van der Waals surface area contributed by atoms with Crippen LogP contribution in [0.15, 0.2) is 0 Å². The van der Waals surface area contributed by atoms with Crippen LogP contribution >= 0.6 is 0 Å². The zero-order valence-electron chi connectivity index (χ0n) is 11.4. The van der Waals surface area contributed by atoms with Crippen LogP contribution in [0.2, 0.25) is 0 Å². The first-order chi connectivity index (χ1) is 8.13. The molecule has 3 heteroatoms. The zero-order chi connectivity index (χ0) is 12.4. The number of hydrogen-bond acceptors (Lipinski definition) is 2. The third-order valence-corrected chi connectivity index (χ3v) is 4.35.